The van der Waals surface area contributed by atoms with Crippen molar-refractivity contribution < 1.29 is 4.79 Å². The number of halogens is 2. The van der Waals surface area contributed by atoms with E-state index in [9.17, 15) is 4.79 Å². The summed E-state index contributed by atoms with van der Waals surface area (Å²) >= 11 is 13.7. The fourth-order valence-corrected chi connectivity index (χ4v) is 4.21. The van der Waals surface area contributed by atoms with E-state index in [-0.39, 0.29) is 5.91 Å². The van der Waals surface area contributed by atoms with Crippen molar-refractivity contribution in [3.8, 4) is 11.3 Å². The number of amides is 1. The Morgan fingerprint density at radius 1 is 1.11 bits per heavy atom. The van der Waals surface area contributed by atoms with Gasteiger partial charge in [0.2, 0.25) is 0 Å². The lowest BCUT2D eigenvalue weighted by atomic mass is 10.1. The van der Waals surface area contributed by atoms with Crippen LogP contribution in [0.2, 0.25) is 10.0 Å². The number of pyridine rings is 1. The maximum Gasteiger partial charge on any atom is 0.276 e. The molecule has 3 aromatic heterocycles. The van der Waals surface area contributed by atoms with E-state index in [1.165, 1.54) is 22.5 Å². The third kappa shape index (κ3) is 3.39. The van der Waals surface area contributed by atoms with Gasteiger partial charge in [-0.05, 0) is 44.0 Å². The molecule has 1 N–H and O–H groups in total. The molecule has 0 aliphatic carbocycles. The molecular formula is C20H16Cl2N4OS. The molecule has 0 fully saturated rings. The van der Waals surface area contributed by atoms with Crippen molar-refractivity contribution in [1.82, 2.24) is 14.4 Å². The maximum absolute atomic E-state index is 12.9. The third-order valence-corrected chi connectivity index (χ3v) is 5.80. The number of imidazole rings is 1. The van der Waals surface area contributed by atoms with E-state index in [1.807, 2.05) is 11.4 Å². The highest BCUT2D eigenvalue weighted by Gasteiger charge is 2.20. The zero-order valence-electron chi connectivity index (χ0n) is 15.4. The number of aromatic nitrogens is 3. The SMILES string of the molecule is Cc1ccc(-c2csc(NC(=O)c3c(C)nc4c(Cl)cc(Cl)cn34)n2)cc1C. The van der Waals surface area contributed by atoms with Crippen molar-refractivity contribution in [3.63, 3.8) is 0 Å². The molecular weight excluding hydrogens is 415 g/mol. The van der Waals surface area contributed by atoms with Crippen LogP contribution in [0.1, 0.15) is 27.3 Å². The summed E-state index contributed by atoms with van der Waals surface area (Å²) in [6.45, 7) is 5.90. The van der Waals surface area contributed by atoms with Crippen LogP contribution in [0.5, 0.6) is 0 Å². The van der Waals surface area contributed by atoms with Gasteiger partial charge in [0.25, 0.3) is 5.91 Å². The van der Waals surface area contributed by atoms with E-state index in [4.69, 9.17) is 23.2 Å². The Morgan fingerprint density at radius 3 is 2.64 bits per heavy atom. The number of nitrogens with one attached hydrogen (secondary N) is 1. The van der Waals surface area contributed by atoms with E-state index in [0.29, 0.717) is 32.2 Å². The van der Waals surface area contributed by atoms with Crippen molar-refractivity contribution in [3.05, 3.63) is 68.4 Å². The monoisotopic (exact) mass is 430 g/mol. The molecule has 1 amide bonds. The first-order chi connectivity index (χ1) is 13.3. The van der Waals surface area contributed by atoms with E-state index in [1.54, 1.807) is 23.6 Å². The van der Waals surface area contributed by atoms with Crippen LogP contribution in [0.15, 0.2) is 35.8 Å². The number of fused-ring (bicyclic) bond motifs is 1. The summed E-state index contributed by atoms with van der Waals surface area (Å²) in [7, 11) is 0. The van der Waals surface area contributed by atoms with Gasteiger partial charge in [-0.1, -0.05) is 35.3 Å². The lowest BCUT2D eigenvalue weighted by molar-refractivity contribution is 0.102. The summed E-state index contributed by atoms with van der Waals surface area (Å²) in [5, 5.41) is 6.11. The summed E-state index contributed by atoms with van der Waals surface area (Å²) in [5.74, 6) is -0.315. The predicted molar refractivity (Wildman–Crippen MR) is 115 cm³/mol. The fraction of sp³-hybridized carbons (Fsp3) is 0.150. The van der Waals surface area contributed by atoms with Gasteiger partial charge in [-0.15, -0.1) is 11.3 Å². The van der Waals surface area contributed by atoms with Crippen molar-refractivity contribution in [2.45, 2.75) is 20.8 Å². The molecule has 3 heterocycles. The number of nitrogens with zero attached hydrogens (tertiary/aromatic N) is 3. The molecule has 4 rings (SSSR count). The average Bonchev–Trinajstić information content (AvgIpc) is 3.21. The van der Waals surface area contributed by atoms with E-state index >= 15 is 0 Å². The quantitative estimate of drug-likeness (QED) is 0.437. The Labute approximate surface area is 176 Å². The van der Waals surface area contributed by atoms with Crippen molar-refractivity contribution in [2.24, 2.45) is 0 Å². The molecule has 0 bridgehead atoms. The summed E-state index contributed by atoms with van der Waals surface area (Å²) in [4.78, 5) is 21.8. The van der Waals surface area contributed by atoms with Gasteiger partial charge in [-0.2, -0.15) is 0 Å². The minimum absolute atomic E-state index is 0.315. The molecule has 0 spiro atoms. The van der Waals surface area contributed by atoms with Crippen LogP contribution in [0, 0.1) is 20.8 Å². The second kappa shape index (κ2) is 7.20. The number of rotatable bonds is 3. The molecule has 0 saturated carbocycles. The number of hydrogen-bond donors (Lipinski definition) is 1. The van der Waals surface area contributed by atoms with Gasteiger partial charge in [0, 0.05) is 17.1 Å². The Hall–Kier alpha value is -2.41. The highest BCUT2D eigenvalue weighted by molar-refractivity contribution is 7.14. The first-order valence-electron chi connectivity index (χ1n) is 8.51. The predicted octanol–water partition coefficient (Wildman–Crippen LogP) is 5.94. The smallest absolute Gasteiger partial charge is 0.276 e. The zero-order valence-corrected chi connectivity index (χ0v) is 17.7. The standard InChI is InChI=1S/C20H16Cl2N4OS/c1-10-4-5-13(6-11(10)2)16-9-28-20(24-16)25-19(27)17-12(3)23-18-15(22)7-14(21)8-26(17)18/h4-9H,1-3H3,(H,24,25,27). The first kappa shape index (κ1) is 18.9. The topological polar surface area (TPSA) is 59.3 Å². The largest absolute Gasteiger partial charge is 0.296 e. The second-order valence-electron chi connectivity index (χ2n) is 6.54. The number of aryl methyl sites for hydroxylation is 3. The Balaban J connectivity index is 1.65. The van der Waals surface area contributed by atoms with Gasteiger partial charge in [-0.3, -0.25) is 14.5 Å². The summed E-state index contributed by atoms with van der Waals surface area (Å²) in [6, 6.07) is 7.79. The second-order valence-corrected chi connectivity index (χ2v) is 8.24. The van der Waals surface area contributed by atoms with Crippen LogP contribution < -0.4 is 5.32 Å². The molecule has 0 atom stereocenters. The molecule has 4 aromatic rings. The molecule has 0 saturated heterocycles. The number of anilines is 1. The average molecular weight is 431 g/mol. The number of thiazole rings is 1. The molecule has 8 heteroatoms. The minimum Gasteiger partial charge on any atom is -0.296 e. The molecule has 28 heavy (non-hydrogen) atoms. The zero-order chi connectivity index (χ0) is 20.0. The van der Waals surface area contributed by atoms with Gasteiger partial charge in [0.1, 0.15) is 5.69 Å². The summed E-state index contributed by atoms with van der Waals surface area (Å²) in [6.07, 6.45) is 1.63. The number of hydrogen-bond acceptors (Lipinski definition) is 4. The van der Waals surface area contributed by atoms with Crippen molar-refractivity contribution >= 4 is 51.2 Å². The molecule has 1 aromatic carbocycles. The van der Waals surface area contributed by atoms with Crippen molar-refractivity contribution in [2.75, 3.05) is 5.32 Å². The molecule has 142 valence electrons. The van der Waals surface area contributed by atoms with Gasteiger partial charge in [-0.25, -0.2) is 9.97 Å². The molecule has 0 unspecified atom stereocenters. The van der Waals surface area contributed by atoms with Gasteiger partial charge in [0.15, 0.2) is 10.8 Å². The van der Waals surface area contributed by atoms with Gasteiger partial charge in [0.05, 0.1) is 21.4 Å². The number of benzene rings is 1. The molecule has 0 aliphatic rings. The first-order valence-corrected chi connectivity index (χ1v) is 10.2. The van der Waals surface area contributed by atoms with Crippen LogP contribution >= 0.6 is 34.5 Å². The van der Waals surface area contributed by atoms with Crippen LogP contribution in [-0.2, 0) is 0 Å². The van der Waals surface area contributed by atoms with E-state index in [0.717, 1.165) is 11.3 Å². The molecule has 0 radical (unpaired) electrons. The lowest BCUT2D eigenvalue weighted by Crippen LogP contribution is -2.15. The summed E-state index contributed by atoms with van der Waals surface area (Å²) in [5.41, 5.74) is 5.70. The van der Waals surface area contributed by atoms with E-state index < -0.39 is 0 Å². The van der Waals surface area contributed by atoms with Crippen LogP contribution in [-0.4, -0.2) is 20.3 Å². The lowest BCUT2D eigenvalue weighted by Gasteiger charge is -2.05. The van der Waals surface area contributed by atoms with Crippen LogP contribution in [0.4, 0.5) is 5.13 Å². The number of carbonyl (C=O) groups excluding carboxylic acids is 1. The van der Waals surface area contributed by atoms with Crippen LogP contribution in [0.3, 0.4) is 0 Å². The molecule has 5 nitrogen and oxygen atoms in total. The normalized spacial score (nSPS) is 11.2. The Morgan fingerprint density at radius 2 is 1.89 bits per heavy atom. The third-order valence-electron chi connectivity index (χ3n) is 4.56. The van der Waals surface area contributed by atoms with Crippen molar-refractivity contribution in [1.29, 1.82) is 0 Å². The minimum atomic E-state index is -0.315. The van der Waals surface area contributed by atoms with Gasteiger partial charge >= 0.3 is 0 Å². The summed E-state index contributed by atoms with van der Waals surface area (Å²) < 4.78 is 1.60. The maximum atomic E-state index is 12.9. The highest BCUT2D eigenvalue weighted by atomic mass is 35.5. The molecule has 0 aliphatic heterocycles. The van der Waals surface area contributed by atoms with Crippen LogP contribution in [0.25, 0.3) is 16.9 Å². The number of carbonyl (C=O) groups is 1. The fourth-order valence-electron chi connectivity index (χ4n) is 2.98. The Bertz CT molecular complexity index is 1230. The van der Waals surface area contributed by atoms with E-state index in [2.05, 4.69) is 41.3 Å². The highest BCUT2D eigenvalue weighted by Crippen LogP contribution is 2.28. The van der Waals surface area contributed by atoms with Gasteiger partial charge < -0.3 is 0 Å². The Kier molecular flexibility index (Phi) is 4.87.